The highest BCUT2D eigenvalue weighted by molar-refractivity contribution is 5.78. The highest BCUT2D eigenvalue weighted by atomic mass is 16.5. The Balaban J connectivity index is 1.50. The van der Waals surface area contributed by atoms with Crippen LogP contribution in [0, 0.1) is 0 Å². The van der Waals surface area contributed by atoms with Gasteiger partial charge in [0.2, 0.25) is 23.8 Å². The molecule has 3 aromatic rings. The summed E-state index contributed by atoms with van der Waals surface area (Å²) in [7, 11) is 0. The van der Waals surface area contributed by atoms with Gasteiger partial charge in [0, 0.05) is 44.0 Å². The maximum absolute atomic E-state index is 12.3. The molecule has 42 heavy (non-hydrogen) atoms. The average molecular weight is 581 g/mol. The van der Waals surface area contributed by atoms with Crippen molar-refractivity contribution < 1.29 is 24.2 Å². The topological polar surface area (TPSA) is 186 Å². The van der Waals surface area contributed by atoms with E-state index >= 15 is 0 Å². The number of carbonyl (C=O) groups is 2. The van der Waals surface area contributed by atoms with Crippen LogP contribution in [0.25, 0.3) is 0 Å². The normalized spacial score (nSPS) is 10.7. The first-order valence-electron chi connectivity index (χ1n) is 14.0. The molecule has 0 radical (unpaired) electrons. The summed E-state index contributed by atoms with van der Waals surface area (Å²) in [6.07, 6.45) is 2.34. The van der Waals surface area contributed by atoms with Crippen molar-refractivity contribution in [3.8, 4) is 0 Å². The molecule has 7 N–H and O–H groups in total. The fourth-order valence-corrected chi connectivity index (χ4v) is 3.70. The Morgan fingerprint density at radius 3 is 2.12 bits per heavy atom. The molecule has 0 fully saturated rings. The molecule has 13 heteroatoms. The van der Waals surface area contributed by atoms with Gasteiger partial charge in [-0.15, -0.1) is 0 Å². The van der Waals surface area contributed by atoms with Gasteiger partial charge in [0.05, 0.1) is 32.8 Å². The third kappa shape index (κ3) is 12.6. The number of hydrogen-bond donors (Lipinski definition) is 6. The molecule has 226 valence electrons. The van der Waals surface area contributed by atoms with Crippen LogP contribution in [0.5, 0.6) is 0 Å². The fourth-order valence-electron chi connectivity index (χ4n) is 3.70. The van der Waals surface area contributed by atoms with E-state index in [1.54, 1.807) is 12.1 Å². The number of nitrogens with two attached hydrogens (primary N) is 1. The van der Waals surface area contributed by atoms with Gasteiger partial charge in [-0.3, -0.25) is 9.59 Å². The van der Waals surface area contributed by atoms with Gasteiger partial charge in [0.1, 0.15) is 6.29 Å². The van der Waals surface area contributed by atoms with Gasteiger partial charge in [-0.25, -0.2) is 0 Å². The summed E-state index contributed by atoms with van der Waals surface area (Å²) in [5, 5.41) is 21.5. The van der Waals surface area contributed by atoms with E-state index in [1.165, 1.54) is 0 Å². The number of anilines is 4. The molecule has 3 rings (SSSR count). The molecule has 0 aliphatic heterocycles. The van der Waals surface area contributed by atoms with Gasteiger partial charge in [-0.1, -0.05) is 36.4 Å². The molecule has 0 unspecified atom stereocenters. The number of nitrogens with one attached hydrogen (secondary N) is 4. The first-order chi connectivity index (χ1) is 20.6. The Bertz CT molecular complexity index is 1210. The number of carbonyl (C=O) groups excluding carboxylic acids is 2. The minimum Gasteiger partial charge on any atom is -0.396 e. The molecule has 13 nitrogen and oxygen atoms in total. The van der Waals surface area contributed by atoms with Gasteiger partial charge in [-0.05, 0) is 36.1 Å². The summed E-state index contributed by atoms with van der Waals surface area (Å²) in [4.78, 5) is 36.5. The van der Waals surface area contributed by atoms with Crippen LogP contribution < -0.4 is 27.0 Å². The van der Waals surface area contributed by atoms with E-state index in [9.17, 15) is 9.59 Å². The summed E-state index contributed by atoms with van der Waals surface area (Å²) in [5.41, 5.74) is 8.68. The summed E-state index contributed by atoms with van der Waals surface area (Å²) in [5.74, 6) is 1.02. The van der Waals surface area contributed by atoms with Crippen molar-refractivity contribution in [3.63, 3.8) is 0 Å². The minimum atomic E-state index is -0.0925. The number of aliphatic hydroxyl groups is 1. The van der Waals surface area contributed by atoms with Crippen molar-refractivity contribution in [1.29, 1.82) is 0 Å². The fraction of sp³-hybridized carbons (Fsp3) is 0.414. The second-order valence-corrected chi connectivity index (χ2v) is 9.21. The molecular weight excluding hydrogens is 540 g/mol. The van der Waals surface area contributed by atoms with Crippen molar-refractivity contribution in [2.45, 2.75) is 19.3 Å². The van der Waals surface area contributed by atoms with Crippen molar-refractivity contribution in [2.24, 2.45) is 5.73 Å². The molecule has 0 aliphatic carbocycles. The minimum absolute atomic E-state index is 0.0559. The SMILES string of the molecule is NCCOCCOCCNC(=O)Cc1ccc(Nc2nc(NCCCO)nc(NCCc3ccc(C=O)cc3)n2)cc1. The third-order valence-electron chi connectivity index (χ3n) is 5.84. The predicted octanol–water partition coefficient (Wildman–Crippen LogP) is 1.53. The van der Waals surface area contributed by atoms with Crippen LogP contribution in [0.1, 0.15) is 27.9 Å². The molecule has 1 aromatic heterocycles. The van der Waals surface area contributed by atoms with Crippen molar-refractivity contribution in [1.82, 2.24) is 20.3 Å². The van der Waals surface area contributed by atoms with Crippen LogP contribution in [-0.4, -0.2) is 91.5 Å². The molecule has 2 aromatic carbocycles. The molecule has 0 atom stereocenters. The van der Waals surface area contributed by atoms with Crippen molar-refractivity contribution in [2.75, 3.05) is 75.2 Å². The highest BCUT2D eigenvalue weighted by Crippen LogP contribution is 2.17. The molecule has 0 saturated heterocycles. The lowest BCUT2D eigenvalue weighted by molar-refractivity contribution is -0.120. The summed E-state index contributed by atoms with van der Waals surface area (Å²) in [6.45, 7) is 3.90. The van der Waals surface area contributed by atoms with E-state index in [-0.39, 0.29) is 18.9 Å². The summed E-state index contributed by atoms with van der Waals surface area (Å²) >= 11 is 0. The number of amides is 1. The molecule has 0 bridgehead atoms. The molecule has 1 heterocycles. The van der Waals surface area contributed by atoms with E-state index in [4.69, 9.17) is 20.3 Å². The lowest BCUT2D eigenvalue weighted by Crippen LogP contribution is -2.29. The van der Waals surface area contributed by atoms with E-state index in [0.29, 0.717) is 88.9 Å². The number of ether oxygens (including phenoxy) is 2. The molecule has 1 amide bonds. The highest BCUT2D eigenvalue weighted by Gasteiger charge is 2.09. The lowest BCUT2D eigenvalue weighted by Gasteiger charge is -2.12. The number of rotatable bonds is 21. The van der Waals surface area contributed by atoms with Crippen molar-refractivity contribution in [3.05, 3.63) is 65.2 Å². The van der Waals surface area contributed by atoms with Crippen LogP contribution in [-0.2, 0) is 27.1 Å². The Morgan fingerprint density at radius 1 is 0.810 bits per heavy atom. The van der Waals surface area contributed by atoms with E-state index in [0.717, 1.165) is 23.1 Å². The van der Waals surface area contributed by atoms with Crippen LogP contribution in [0.4, 0.5) is 23.5 Å². The zero-order valence-electron chi connectivity index (χ0n) is 23.7. The van der Waals surface area contributed by atoms with Gasteiger partial charge in [-0.2, -0.15) is 15.0 Å². The Morgan fingerprint density at radius 2 is 1.45 bits per heavy atom. The van der Waals surface area contributed by atoms with Gasteiger partial charge >= 0.3 is 0 Å². The zero-order chi connectivity index (χ0) is 29.8. The van der Waals surface area contributed by atoms with Gasteiger partial charge < -0.3 is 41.6 Å². The number of aromatic nitrogens is 3. The average Bonchev–Trinajstić information content (AvgIpc) is 3.00. The molecule has 0 aliphatic rings. The Hall–Kier alpha value is -4.17. The van der Waals surface area contributed by atoms with Crippen LogP contribution >= 0.6 is 0 Å². The van der Waals surface area contributed by atoms with Crippen LogP contribution in [0.3, 0.4) is 0 Å². The maximum atomic E-state index is 12.3. The first kappa shape index (κ1) is 32.3. The number of aliphatic hydroxyl groups excluding tert-OH is 1. The van der Waals surface area contributed by atoms with E-state index in [2.05, 4.69) is 36.2 Å². The predicted molar refractivity (Wildman–Crippen MR) is 161 cm³/mol. The number of hydrogen-bond acceptors (Lipinski definition) is 12. The van der Waals surface area contributed by atoms with Gasteiger partial charge in [0.15, 0.2) is 0 Å². The first-order valence-corrected chi connectivity index (χ1v) is 14.0. The standard InChI is InChI=1S/C29H40N8O5/c30-11-16-41-18-19-42-17-14-31-26(40)20-23-6-8-25(9-7-23)34-29-36-27(32-12-1-15-38)35-28(37-29)33-13-10-22-2-4-24(21-39)5-3-22/h2-9,21,38H,1,10-20,30H2,(H,31,40)(H3,32,33,34,35,36,37). The lowest BCUT2D eigenvalue weighted by atomic mass is 10.1. The van der Waals surface area contributed by atoms with Crippen molar-refractivity contribution >= 4 is 35.7 Å². The molecular formula is C29H40N8O5. The number of aldehydes is 1. The Kier molecular flexibility index (Phi) is 14.7. The molecule has 0 saturated carbocycles. The van der Waals surface area contributed by atoms with E-state index in [1.807, 2.05) is 36.4 Å². The third-order valence-corrected chi connectivity index (χ3v) is 5.84. The zero-order valence-corrected chi connectivity index (χ0v) is 23.7. The number of benzene rings is 2. The molecule has 0 spiro atoms. The van der Waals surface area contributed by atoms with Gasteiger partial charge in [0.25, 0.3) is 0 Å². The summed E-state index contributed by atoms with van der Waals surface area (Å²) < 4.78 is 10.6. The second kappa shape index (κ2) is 19.0. The van der Waals surface area contributed by atoms with Crippen LogP contribution in [0.15, 0.2) is 48.5 Å². The summed E-state index contributed by atoms with van der Waals surface area (Å²) in [6, 6.07) is 14.8. The largest absolute Gasteiger partial charge is 0.396 e. The monoisotopic (exact) mass is 580 g/mol. The quantitative estimate of drug-likeness (QED) is 0.0789. The maximum Gasteiger partial charge on any atom is 0.233 e. The Labute approximate surface area is 245 Å². The van der Waals surface area contributed by atoms with E-state index < -0.39 is 0 Å². The second-order valence-electron chi connectivity index (χ2n) is 9.21. The smallest absolute Gasteiger partial charge is 0.233 e. The number of nitrogens with zero attached hydrogens (tertiary/aromatic N) is 3. The van der Waals surface area contributed by atoms with Crippen LogP contribution in [0.2, 0.25) is 0 Å².